The second kappa shape index (κ2) is 4.97. The summed E-state index contributed by atoms with van der Waals surface area (Å²) in [6.45, 7) is 3.72. The number of hydrogen-bond donors (Lipinski definition) is 1. The van der Waals surface area contributed by atoms with Crippen molar-refractivity contribution in [2.75, 3.05) is 0 Å². The first-order valence-electron chi connectivity index (χ1n) is 5.39. The summed E-state index contributed by atoms with van der Waals surface area (Å²) in [7, 11) is 0. The molecule has 0 fully saturated rings. The molecule has 5 heteroatoms. The van der Waals surface area contributed by atoms with Gasteiger partial charge in [0.15, 0.2) is 5.82 Å². The van der Waals surface area contributed by atoms with Crippen LogP contribution in [0.2, 0.25) is 0 Å². The minimum Gasteiger partial charge on any atom is -0.491 e. The van der Waals surface area contributed by atoms with E-state index < -0.39 is 0 Å². The zero-order chi connectivity index (χ0) is 12.3. The van der Waals surface area contributed by atoms with Gasteiger partial charge in [-0.05, 0) is 38.1 Å². The van der Waals surface area contributed by atoms with Crippen molar-refractivity contribution in [3.63, 3.8) is 0 Å². The number of nitrogens with zero attached hydrogens (tertiary/aromatic N) is 2. The molecule has 0 atom stereocenters. The van der Waals surface area contributed by atoms with Crippen LogP contribution in [0.5, 0.6) is 5.75 Å². The van der Waals surface area contributed by atoms with Gasteiger partial charge in [0.1, 0.15) is 12.4 Å². The maximum atomic E-state index is 8.84. The van der Waals surface area contributed by atoms with Gasteiger partial charge in [0.25, 0.3) is 5.89 Å². The summed E-state index contributed by atoms with van der Waals surface area (Å²) in [6.07, 6.45) is 0.144. The lowest BCUT2D eigenvalue weighted by Gasteiger charge is -2.09. The van der Waals surface area contributed by atoms with Gasteiger partial charge in [-0.1, -0.05) is 5.16 Å². The van der Waals surface area contributed by atoms with E-state index in [0.717, 1.165) is 11.3 Å². The molecular formula is C12H14N2O3. The zero-order valence-corrected chi connectivity index (χ0v) is 9.75. The number of rotatable bonds is 4. The highest BCUT2D eigenvalue weighted by atomic mass is 16.5. The molecule has 0 aliphatic heterocycles. The Labute approximate surface area is 99.0 Å². The molecule has 1 aromatic heterocycles. The number of hydrogen-bond acceptors (Lipinski definition) is 5. The van der Waals surface area contributed by atoms with E-state index in [9.17, 15) is 0 Å². The molecule has 0 unspecified atom stereocenters. The van der Waals surface area contributed by atoms with Crippen molar-refractivity contribution in [2.45, 2.75) is 26.6 Å². The van der Waals surface area contributed by atoms with Crippen LogP contribution in [0.1, 0.15) is 19.7 Å². The third-order valence-electron chi connectivity index (χ3n) is 2.08. The lowest BCUT2D eigenvalue weighted by molar-refractivity contribution is 0.242. The highest BCUT2D eigenvalue weighted by Gasteiger charge is 2.08. The highest BCUT2D eigenvalue weighted by molar-refractivity contribution is 5.54. The average molecular weight is 234 g/mol. The summed E-state index contributed by atoms with van der Waals surface area (Å²) >= 11 is 0. The summed E-state index contributed by atoms with van der Waals surface area (Å²) in [4.78, 5) is 4.02. The van der Waals surface area contributed by atoms with Gasteiger partial charge in [-0.25, -0.2) is 0 Å². The van der Waals surface area contributed by atoms with Gasteiger partial charge in [0, 0.05) is 5.56 Å². The summed E-state index contributed by atoms with van der Waals surface area (Å²) in [5, 5.41) is 12.5. The van der Waals surface area contributed by atoms with Crippen LogP contribution in [0.3, 0.4) is 0 Å². The standard InChI is InChI=1S/C12H14N2O3/c1-8(2)16-10-5-3-9(4-6-10)12-13-11(7-15)14-17-12/h3-6,8,15H,7H2,1-2H3. The summed E-state index contributed by atoms with van der Waals surface area (Å²) in [6, 6.07) is 7.37. The minimum absolute atomic E-state index is 0.144. The Kier molecular flexibility index (Phi) is 3.39. The van der Waals surface area contributed by atoms with E-state index >= 15 is 0 Å². The van der Waals surface area contributed by atoms with E-state index in [1.54, 1.807) is 0 Å². The molecule has 2 rings (SSSR count). The number of aromatic nitrogens is 2. The number of benzene rings is 1. The maximum absolute atomic E-state index is 8.84. The first-order chi connectivity index (χ1) is 8.19. The second-order valence-corrected chi connectivity index (χ2v) is 3.86. The fourth-order valence-electron chi connectivity index (χ4n) is 1.38. The van der Waals surface area contributed by atoms with E-state index in [2.05, 4.69) is 10.1 Å². The van der Waals surface area contributed by atoms with Gasteiger partial charge in [-0.3, -0.25) is 0 Å². The molecule has 0 spiro atoms. The number of aliphatic hydroxyl groups excluding tert-OH is 1. The summed E-state index contributed by atoms with van der Waals surface area (Å²) < 4.78 is 10.5. The van der Waals surface area contributed by atoms with Crippen LogP contribution in [0.4, 0.5) is 0 Å². The van der Waals surface area contributed by atoms with E-state index in [0.29, 0.717) is 5.89 Å². The Bertz CT molecular complexity index is 477. The van der Waals surface area contributed by atoms with Crippen LogP contribution >= 0.6 is 0 Å². The molecule has 0 aliphatic rings. The topological polar surface area (TPSA) is 68.4 Å². The van der Waals surface area contributed by atoms with E-state index in [-0.39, 0.29) is 18.5 Å². The van der Waals surface area contributed by atoms with E-state index in [4.69, 9.17) is 14.4 Å². The van der Waals surface area contributed by atoms with Crippen molar-refractivity contribution in [3.05, 3.63) is 30.1 Å². The fourth-order valence-corrected chi connectivity index (χ4v) is 1.38. The Hall–Kier alpha value is -1.88. The Morgan fingerprint density at radius 2 is 2.00 bits per heavy atom. The Balaban J connectivity index is 2.17. The maximum Gasteiger partial charge on any atom is 0.258 e. The molecule has 90 valence electrons. The highest BCUT2D eigenvalue weighted by Crippen LogP contribution is 2.21. The van der Waals surface area contributed by atoms with Gasteiger partial charge in [-0.2, -0.15) is 4.98 Å². The molecule has 0 saturated heterocycles. The van der Waals surface area contributed by atoms with Crippen molar-refractivity contribution >= 4 is 0 Å². The zero-order valence-electron chi connectivity index (χ0n) is 9.75. The molecule has 5 nitrogen and oxygen atoms in total. The lowest BCUT2D eigenvalue weighted by atomic mass is 10.2. The molecule has 0 bridgehead atoms. The van der Waals surface area contributed by atoms with Crippen molar-refractivity contribution < 1.29 is 14.4 Å². The molecule has 2 aromatic rings. The van der Waals surface area contributed by atoms with Crippen LogP contribution in [0, 0.1) is 0 Å². The number of ether oxygens (including phenoxy) is 1. The van der Waals surface area contributed by atoms with Crippen LogP contribution in [0.25, 0.3) is 11.5 Å². The monoisotopic (exact) mass is 234 g/mol. The van der Waals surface area contributed by atoms with Gasteiger partial charge in [0.2, 0.25) is 0 Å². The van der Waals surface area contributed by atoms with Gasteiger partial charge in [-0.15, -0.1) is 0 Å². The summed E-state index contributed by atoms with van der Waals surface area (Å²) in [5.41, 5.74) is 0.799. The first kappa shape index (κ1) is 11.6. The summed E-state index contributed by atoms with van der Waals surface area (Å²) in [5.74, 6) is 1.47. The minimum atomic E-state index is -0.224. The van der Waals surface area contributed by atoms with Gasteiger partial charge < -0.3 is 14.4 Å². The van der Waals surface area contributed by atoms with E-state index in [1.165, 1.54) is 0 Å². The molecule has 0 aliphatic carbocycles. The fraction of sp³-hybridized carbons (Fsp3) is 0.333. The van der Waals surface area contributed by atoms with Gasteiger partial charge in [0.05, 0.1) is 6.10 Å². The molecule has 0 saturated carbocycles. The molecule has 1 heterocycles. The first-order valence-corrected chi connectivity index (χ1v) is 5.39. The number of aliphatic hydroxyl groups is 1. The normalized spacial score (nSPS) is 10.8. The van der Waals surface area contributed by atoms with Gasteiger partial charge >= 0.3 is 0 Å². The molecule has 0 radical (unpaired) electrons. The lowest BCUT2D eigenvalue weighted by Crippen LogP contribution is -2.05. The third kappa shape index (κ3) is 2.82. The largest absolute Gasteiger partial charge is 0.491 e. The molecular weight excluding hydrogens is 220 g/mol. The van der Waals surface area contributed by atoms with Crippen molar-refractivity contribution in [2.24, 2.45) is 0 Å². The predicted octanol–water partition coefficient (Wildman–Crippen LogP) is 2.02. The van der Waals surface area contributed by atoms with Crippen LogP contribution in [-0.2, 0) is 6.61 Å². The van der Waals surface area contributed by atoms with E-state index in [1.807, 2.05) is 38.1 Å². The van der Waals surface area contributed by atoms with Crippen molar-refractivity contribution in [1.82, 2.24) is 10.1 Å². The van der Waals surface area contributed by atoms with Crippen molar-refractivity contribution in [3.8, 4) is 17.2 Å². The average Bonchev–Trinajstić information content (AvgIpc) is 2.78. The molecule has 1 aromatic carbocycles. The molecule has 1 N–H and O–H groups in total. The quantitative estimate of drug-likeness (QED) is 0.876. The SMILES string of the molecule is CC(C)Oc1ccc(-c2nc(CO)no2)cc1. The van der Waals surface area contributed by atoms with Crippen LogP contribution in [0.15, 0.2) is 28.8 Å². The smallest absolute Gasteiger partial charge is 0.258 e. The Morgan fingerprint density at radius 1 is 1.29 bits per heavy atom. The Morgan fingerprint density at radius 3 is 2.53 bits per heavy atom. The van der Waals surface area contributed by atoms with Crippen molar-refractivity contribution in [1.29, 1.82) is 0 Å². The molecule has 17 heavy (non-hydrogen) atoms. The van der Waals surface area contributed by atoms with Crippen LogP contribution in [-0.4, -0.2) is 21.4 Å². The predicted molar refractivity (Wildman–Crippen MR) is 61.4 cm³/mol. The van der Waals surface area contributed by atoms with Crippen LogP contribution < -0.4 is 4.74 Å². The third-order valence-corrected chi connectivity index (χ3v) is 2.08. The molecule has 0 amide bonds. The second-order valence-electron chi connectivity index (χ2n) is 3.86.